The van der Waals surface area contributed by atoms with Crippen molar-refractivity contribution in [2.24, 2.45) is 0 Å². The zero-order valence-electron chi connectivity index (χ0n) is 19.1. The van der Waals surface area contributed by atoms with Gasteiger partial charge in [0.05, 0.1) is 25.7 Å². The van der Waals surface area contributed by atoms with Crippen molar-refractivity contribution in [1.29, 1.82) is 0 Å². The van der Waals surface area contributed by atoms with E-state index in [1.165, 1.54) is 0 Å². The van der Waals surface area contributed by atoms with Crippen molar-refractivity contribution in [3.05, 3.63) is 84.3 Å². The van der Waals surface area contributed by atoms with Gasteiger partial charge in [-0.2, -0.15) is 0 Å². The number of rotatable bonds is 12. The molecule has 7 nitrogen and oxygen atoms in total. The molecule has 0 saturated heterocycles. The predicted octanol–water partition coefficient (Wildman–Crippen LogP) is 5.01. The highest BCUT2D eigenvalue weighted by molar-refractivity contribution is 6.09. The summed E-state index contributed by atoms with van der Waals surface area (Å²) in [4.78, 5) is 12.8. The van der Waals surface area contributed by atoms with Crippen LogP contribution in [0.15, 0.2) is 73.2 Å². The number of carbonyl (C=O) groups is 1. The van der Waals surface area contributed by atoms with Crippen LogP contribution < -0.4 is 9.47 Å². The molecule has 0 radical (unpaired) electrons. The molecule has 0 saturated carbocycles. The van der Waals surface area contributed by atoms with E-state index in [-0.39, 0.29) is 18.4 Å². The Morgan fingerprint density at radius 2 is 1.12 bits per heavy atom. The van der Waals surface area contributed by atoms with E-state index in [4.69, 9.17) is 28.4 Å². The summed E-state index contributed by atoms with van der Waals surface area (Å²) < 4.78 is 33.3. The fourth-order valence-electron chi connectivity index (χ4n) is 3.52. The van der Waals surface area contributed by atoms with E-state index in [9.17, 15) is 4.79 Å². The number of carbonyl (C=O) groups excluding carboxylic acids is 1. The van der Waals surface area contributed by atoms with Gasteiger partial charge in [-0.1, -0.05) is 0 Å². The SMILES string of the molecule is O=C(c1ccc(OCCOC2CCC=CO2)cc1)c1ccc(OCCOC2CCC=CO2)cc1. The minimum absolute atomic E-state index is 0.0604. The fourth-order valence-corrected chi connectivity index (χ4v) is 3.52. The lowest BCUT2D eigenvalue weighted by molar-refractivity contribution is -0.120. The molecule has 0 aromatic heterocycles. The Bertz CT molecular complexity index is 872. The van der Waals surface area contributed by atoms with Crippen LogP contribution in [0.1, 0.15) is 41.6 Å². The molecule has 4 rings (SSSR count). The quantitative estimate of drug-likeness (QED) is 0.322. The lowest BCUT2D eigenvalue weighted by atomic mass is 10.0. The van der Waals surface area contributed by atoms with Gasteiger partial charge >= 0.3 is 0 Å². The molecule has 180 valence electrons. The number of ketones is 1. The summed E-state index contributed by atoms with van der Waals surface area (Å²) in [6, 6.07) is 14.2. The van der Waals surface area contributed by atoms with Crippen LogP contribution in [0.5, 0.6) is 11.5 Å². The van der Waals surface area contributed by atoms with Crippen LogP contribution in [0.4, 0.5) is 0 Å². The Balaban J connectivity index is 1.17. The molecule has 34 heavy (non-hydrogen) atoms. The van der Waals surface area contributed by atoms with Crippen molar-refractivity contribution in [3.8, 4) is 11.5 Å². The molecule has 2 aromatic rings. The van der Waals surface area contributed by atoms with E-state index in [1.807, 2.05) is 12.2 Å². The number of hydrogen-bond acceptors (Lipinski definition) is 7. The molecule has 2 aromatic carbocycles. The van der Waals surface area contributed by atoms with Gasteiger partial charge in [-0.15, -0.1) is 0 Å². The summed E-state index contributed by atoms with van der Waals surface area (Å²) in [5, 5.41) is 0. The van der Waals surface area contributed by atoms with Crippen molar-refractivity contribution >= 4 is 5.78 Å². The number of allylic oxidation sites excluding steroid dienone is 2. The normalized spacial score (nSPS) is 19.2. The minimum Gasteiger partial charge on any atom is -0.491 e. The molecule has 0 bridgehead atoms. The summed E-state index contributed by atoms with van der Waals surface area (Å²) in [5.41, 5.74) is 1.18. The maximum Gasteiger partial charge on any atom is 0.199 e. The first kappa shape index (κ1) is 23.9. The number of ether oxygens (including phenoxy) is 6. The molecule has 0 fully saturated rings. The third kappa shape index (κ3) is 7.37. The first-order chi connectivity index (χ1) is 16.8. The Kier molecular flexibility index (Phi) is 8.99. The van der Waals surface area contributed by atoms with Crippen LogP contribution in [0.3, 0.4) is 0 Å². The number of hydrogen-bond donors (Lipinski definition) is 0. The van der Waals surface area contributed by atoms with Crippen molar-refractivity contribution < 1.29 is 33.2 Å². The predicted molar refractivity (Wildman–Crippen MR) is 126 cm³/mol. The summed E-state index contributed by atoms with van der Waals surface area (Å²) in [6.45, 7) is 1.69. The molecular weight excluding hydrogens is 436 g/mol. The molecule has 2 aliphatic rings. The zero-order valence-corrected chi connectivity index (χ0v) is 19.1. The fraction of sp³-hybridized carbons (Fsp3) is 0.370. The van der Waals surface area contributed by atoms with E-state index >= 15 is 0 Å². The van der Waals surface area contributed by atoms with E-state index in [0.29, 0.717) is 49.1 Å². The molecule has 2 aliphatic heterocycles. The van der Waals surface area contributed by atoms with Crippen molar-refractivity contribution in [2.75, 3.05) is 26.4 Å². The van der Waals surface area contributed by atoms with Crippen LogP contribution in [0.2, 0.25) is 0 Å². The highest BCUT2D eigenvalue weighted by Crippen LogP contribution is 2.19. The van der Waals surface area contributed by atoms with Crippen molar-refractivity contribution in [2.45, 2.75) is 38.3 Å². The van der Waals surface area contributed by atoms with Crippen molar-refractivity contribution in [3.63, 3.8) is 0 Å². The highest BCUT2D eigenvalue weighted by atomic mass is 16.7. The standard InChI is InChI=1S/C27H30O7/c28-27(21-7-11-23(12-8-21)29-17-19-33-25-5-1-3-15-31-25)22-9-13-24(14-10-22)30-18-20-34-26-6-2-4-16-32-26/h3-4,7-16,25-26H,1-2,5-6,17-20H2. The molecule has 0 spiro atoms. The third-order valence-corrected chi connectivity index (χ3v) is 5.34. The summed E-state index contributed by atoms with van der Waals surface area (Å²) in [6.07, 6.45) is 10.5. The molecule has 0 N–H and O–H groups in total. The average Bonchev–Trinajstić information content (AvgIpc) is 2.91. The third-order valence-electron chi connectivity index (χ3n) is 5.34. The second-order valence-electron chi connectivity index (χ2n) is 7.85. The van der Waals surface area contributed by atoms with Gasteiger partial charge in [0.15, 0.2) is 18.4 Å². The Labute approximate surface area is 199 Å². The van der Waals surface area contributed by atoms with Crippen LogP contribution in [0, 0.1) is 0 Å². The summed E-state index contributed by atoms with van der Waals surface area (Å²) in [7, 11) is 0. The van der Waals surface area contributed by atoms with Gasteiger partial charge in [0, 0.05) is 24.0 Å². The van der Waals surface area contributed by atoms with Gasteiger partial charge in [-0.05, 0) is 73.5 Å². The van der Waals surface area contributed by atoms with Gasteiger partial charge < -0.3 is 28.4 Å². The topological polar surface area (TPSA) is 72.5 Å². The Morgan fingerprint density at radius 1 is 0.676 bits per heavy atom. The number of benzene rings is 2. The zero-order chi connectivity index (χ0) is 23.4. The molecule has 2 unspecified atom stereocenters. The van der Waals surface area contributed by atoms with Crippen LogP contribution in [0.25, 0.3) is 0 Å². The van der Waals surface area contributed by atoms with E-state index in [1.54, 1.807) is 61.1 Å². The molecule has 7 heteroatoms. The second-order valence-corrected chi connectivity index (χ2v) is 7.85. The van der Waals surface area contributed by atoms with Crippen LogP contribution in [-0.4, -0.2) is 44.8 Å². The van der Waals surface area contributed by atoms with E-state index in [2.05, 4.69) is 0 Å². The molecule has 2 heterocycles. The monoisotopic (exact) mass is 466 g/mol. The Hall–Kier alpha value is -3.29. The van der Waals surface area contributed by atoms with Gasteiger partial charge in [-0.3, -0.25) is 4.79 Å². The van der Waals surface area contributed by atoms with Crippen LogP contribution in [-0.2, 0) is 18.9 Å². The maximum absolute atomic E-state index is 12.8. The summed E-state index contributed by atoms with van der Waals surface area (Å²) >= 11 is 0. The second kappa shape index (κ2) is 12.8. The van der Waals surface area contributed by atoms with Gasteiger partial charge in [-0.25, -0.2) is 0 Å². The van der Waals surface area contributed by atoms with Gasteiger partial charge in [0.25, 0.3) is 0 Å². The molecular formula is C27H30O7. The van der Waals surface area contributed by atoms with Gasteiger partial charge in [0.1, 0.15) is 24.7 Å². The lowest BCUT2D eigenvalue weighted by Crippen LogP contribution is -2.20. The lowest BCUT2D eigenvalue weighted by Gasteiger charge is -2.19. The average molecular weight is 467 g/mol. The van der Waals surface area contributed by atoms with Gasteiger partial charge in [0.2, 0.25) is 0 Å². The van der Waals surface area contributed by atoms with Crippen LogP contribution >= 0.6 is 0 Å². The largest absolute Gasteiger partial charge is 0.491 e. The van der Waals surface area contributed by atoms with E-state index < -0.39 is 0 Å². The Morgan fingerprint density at radius 3 is 1.50 bits per heavy atom. The maximum atomic E-state index is 12.8. The minimum atomic E-state index is -0.201. The van der Waals surface area contributed by atoms with Crippen molar-refractivity contribution in [1.82, 2.24) is 0 Å². The first-order valence-electron chi connectivity index (χ1n) is 11.6. The summed E-state index contributed by atoms with van der Waals surface area (Å²) in [5.74, 6) is 1.31. The smallest absolute Gasteiger partial charge is 0.199 e. The first-order valence-corrected chi connectivity index (χ1v) is 11.6. The molecule has 2 atom stereocenters. The highest BCUT2D eigenvalue weighted by Gasteiger charge is 2.13. The molecule has 0 amide bonds. The molecule has 0 aliphatic carbocycles. The van der Waals surface area contributed by atoms with E-state index in [0.717, 1.165) is 25.7 Å².